The maximum absolute atomic E-state index is 11.4. The average molecular weight is 253 g/mol. The van der Waals surface area contributed by atoms with Crippen molar-refractivity contribution in [2.45, 2.75) is 19.8 Å². The number of carbonyl (C=O) groups is 1. The summed E-state index contributed by atoms with van der Waals surface area (Å²) in [6.45, 7) is 2.67. The van der Waals surface area contributed by atoms with Crippen LogP contribution in [0.4, 0.5) is 5.69 Å². The number of nitrogens with one attached hydrogen (secondary N) is 1. The lowest BCUT2D eigenvalue weighted by Gasteiger charge is -2.06. The minimum atomic E-state index is -0.719. The Hall–Kier alpha value is -1.16. The van der Waals surface area contributed by atoms with Gasteiger partial charge in [-0.1, -0.05) is 6.92 Å². The number of benzene rings is 1. The van der Waals surface area contributed by atoms with E-state index in [1.54, 1.807) is 6.26 Å². The van der Waals surface area contributed by atoms with Crippen LogP contribution < -0.4 is 5.32 Å². The molecule has 0 heterocycles. The highest BCUT2D eigenvalue weighted by Crippen LogP contribution is 2.11. The fourth-order valence-corrected chi connectivity index (χ4v) is 2.04. The van der Waals surface area contributed by atoms with E-state index in [9.17, 15) is 9.00 Å². The summed E-state index contributed by atoms with van der Waals surface area (Å²) in [6, 6.07) is 7.50. The van der Waals surface area contributed by atoms with Crippen LogP contribution in [0.25, 0.3) is 0 Å². The third kappa shape index (κ3) is 5.13. The molecule has 0 fully saturated rings. The second-order valence-corrected chi connectivity index (χ2v) is 5.47. The second kappa shape index (κ2) is 7.22. The van der Waals surface area contributed by atoms with E-state index in [-0.39, 0.29) is 5.78 Å². The Morgan fingerprint density at radius 2 is 1.94 bits per heavy atom. The molecule has 3 nitrogen and oxygen atoms in total. The van der Waals surface area contributed by atoms with Gasteiger partial charge in [0.1, 0.15) is 0 Å². The van der Waals surface area contributed by atoms with Crippen molar-refractivity contribution in [3.05, 3.63) is 29.8 Å². The van der Waals surface area contributed by atoms with Gasteiger partial charge >= 0.3 is 0 Å². The van der Waals surface area contributed by atoms with E-state index < -0.39 is 10.8 Å². The van der Waals surface area contributed by atoms with Crippen molar-refractivity contribution in [1.29, 1.82) is 0 Å². The Morgan fingerprint density at radius 3 is 2.47 bits per heavy atom. The molecule has 1 aromatic rings. The maximum Gasteiger partial charge on any atom is 0.162 e. The van der Waals surface area contributed by atoms with Crippen molar-refractivity contribution in [2.24, 2.45) is 0 Å². The summed E-state index contributed by atoms with van der Waals surface area (Å²) in [5.74, 6) is 0.886. The van der Waals surface area contributed by atoms with Gasteiger partial charge in [-0.3, -0.25) is 9.00 Å². The van der Waals surface area contributed by atoms with Crippen molar-refractivity contribution in [2.75, 3.05) is 23.9 Å². The number of ketones is 1. The standard InChI is InChI=1S/C13H19NO2S/c1-3-13(15)11-5-7-12(8-6-11)14-9-4-10-17(2)16/h5-8,14H,3-4,9-10H2,1-2H3. The number of hydrogen-bond acceptors (Lipinski definition) is 3. The molecule has 0 saturated heterocycles. The van der Waals surface area contributed by atoms with Gasteiger partial charge in [-0.25, -0.2) is 0 Å². The summed E-state index contributed by atoms with van der Waals surface area (Å²) in [4.78, 5) is 11.4. The van der Waals surface area contributed by atoms with Crippen LogP contribution in [-0.4, -0.2) is 28.5 Å². The van der Waals surface area contributed by atoms with Gasteiger partial charge in [0, 0.05) is 47.0 Å². The van der Waals surface area contributed by atoms with Crippen molar-refractivity contribution in [3.8, 4) is 0 Å². The molecule has 0 aromatic heterocycles. The molecular formula is C13H19NO2S. The lowest BCUT2D eigenvalue weighted by Crippen LogP contribution is -2.06. The quantitative estimate of drug-likeness (QED) is 0.600. The van der Waals surface area contributed by atoms with Crippen molar-refractivity contribution < 1.29 is 9.00 Å². The number of hydrogen-bond donors (Lipinski definition) is 1. The molecule has 0 saturated carbocycles. The Kier molecular flexibility index (Phi) is 5.91. The molecule has 1 N–H and O–H groups in total. The third-order valence-corrected chi connectivity index (χ3v) is 3.33. The molecule has 1 unspecified atom stereocenters. The Balaban J connectivity index is 2.40. The SMILES string of the molecule is CCC(=O)c1ccc(NCCCS(C)=O)cc1. The van der Waals surface area contributed by atoms with Gasteiger partial charge < -0.3 is 5.32 Å². The topological polar surface area (TPSA) is 46.2 Å². The minimum absolute atomic E-state index is 0.165. The van der Waals surface area contributed by atoms with Crippen LogP contribution in [0.3, 0.4) is 0 Å². The number of Topliss-reactive ketones (excluding diaryl/α,β-unsaturated/α-hetero) is 1. The molecule has 1 aromatic carbocycles. The highest BCUT2D eigenvalue weighted by atomic mass is 32.2. The highest BCUT2D eigenvalue weighted by molar-refractivity contribution is 7.84. The van der Waals surface area contributed by atoms with Crippen molar-refractivity contribution >= 4 is 22.3 Å². The number of anilines is 1. The Bertz CT molecular complexity index is 387. The van der Waals surface area contributed by atoms with E-state index in [2.05, 4.69) is 5.32 Å². The van der Waals surface area contributed by atoms with E-state index in [4.69, 9.17) is 0 Å². The minimum Gasteiger partial charge on any atom is -0.385 e. The zero-order chi connectivity index (χ0) is 12.7. The molecule has 1 rings (SSSR count). The van der Waals surface area contributed by atoms with Crippen LogP contribution >= 0.6 is 0 Å². The van der Waals surface area contributed by atoms with Gasteiger partial charge in [-0.15, -0.1) is 0 Å². The average Bonchev–Trinajstić information content (AvgIpc) is 2.34. The first-order valence-electron chi connectivity index (χ1n) is 5.80. The van der Waals surface area contributed by atoms with E-state index in [1.807, 2.05) is 31.2 Å². The van der Waals surface area contributed by atoms with E-state index in [0.29, 0.717) is 6.42 Å². The van der Waals surface area contributed by atoms with Crippen molar-refractivity contribution in [1.82, 2.24) is 0 Å². The maximum atomic E-state index is 11.4. The fraction of sp³-hybridized carbons (Fsp3) is 0.462. The zero-order valence-electron chi connectivity index (χ0n) is 10.4. The monoisotopic (exact) mass is 253 g/mol. The third-order valence-electron chi connectivity index (χ3n) is 2.47. The van der Waals surface area contributed by atoms with Crippen LogP contribution in [-0.2, 0) is 10.8 Å². The summed E-state index contributed by atoms with van der Waals surface area (Å²) < 4.78 is 10.9. The Morgan fingerprint density at radius 1 is 1.29 bits per heavy atom. The zero-order valence-corrected chi connectivity index (χ0v) is 11.2. The van der Waals surface area contributed by atoms with Crippen LogP contribution in [0.1, 0.15) is 30.1 Å². The number of rotatable bonds is 7. The molecule has 17 heavy (non-hydrogen) atoms. The molecule has 0 spiro atoms. The largest absolute Gasteiger partial charge is 0.385 e. The van der Waals surface area contributed by atoms with Crippen molar-refractivity contribution in [3.63, 3.8) is 0 Å². The molecule has 0 aliphatic rings. The summed E-state index contributed by atoms with van der Waals surface area (Å²) in [7, 11) is -0.719. The first-order valence-corrected chi connectivity index (χ1v) is 7.53. The molecular weight excluding hydrogens is 234 g/mol. The first kappa shape index (κ1) is 13.9. The lowest BCUT2D eigenvalue weighted by atomic mass is 10.1. The highest BCUT2D eigenvalue weighted by Gasteiger charge is 2.01. The fourth-order valence-electron chi connectivity index (χ4n) is 1.49. The molecule has 0 aliphatic carbocycles. The van der Waals surface area contributed by atoms with Gasteiger partial charge in [0.15, 0.2) is 5.78 Å². The molecule has 4 heteroatoms. The van der Waals surface area contributed by atoms with E-state index in [1.165, 1.54) is 0 Å². The molecule has 0 amide bonds. The lowest BCUT2D eigenvalue weighted by molar-refractivity contribution is 0.0988. The van der Waals surface area contributed by atoms with Gasteiger partial charge in [-0.2, -0.15) is 0 Å². The molecule has 0 aliphatic heterocycles. The van der Waals surface area contributed by atoms with E-state index in [0.717, 1.165) is 30.0 Å². The Labute approximate surface area is 105 Å². The van der Waals surface area contributed by atoms with Gasteiger partial charge in [-0.05, 0) is 30.7 Å². The summed E-state index contributed by atoms with van der Waals surface area (Å²) in [5, 5.41) is 3.24. The number of carbonyl (C=O) groups excluding carboxylic acids is 1. The molecule has 0 bridgehead atoms. The normalized spacial score (nSPS) is 12.1. The van der Waals surface area contributed by atoms with Crippen LogP contribution in [0.2, 0.25) is 0 Å². The molecule has 1 atom stereocenters. The second-order valence-electron chi connectivity index (χ2n) is 3.91. The molecule has 0 radical (unpaired) electrons. The van der Waals surface area contributed by atoms with Crippen LogP contribution in [0.5, 0.6) is 0 Å². The van der Waals surface area contributed by atoms with E-state index >= 15 is 0 Å². The predicted molar refractivity (Wildman–Crippen MR) is 73.1 cm³/mol. The van der Waals surface area contributed by atoms with Crippen LogP contribution in [0.15, 0.2) is 24.3 Å². The summed E-state index contributed by atoms with van der Waals surface area (Å²) in [5.41, 5.74) is 1.76. The first-order chi connectivity index (χ1) is 8.13. The summed E-state index contributed by atoms with van der Waals surface area (Å²) >= 11 is 0. The van der Waals surface area contributed by atoms with Gasteiger partial charge in [0.25, 0.3) is 0 Å². The van der Waals surface area contributed by atoms with Gasteiger partial charge in [0.2, 0.25) is 0 Å². The predicted octanol–water partition coefficient (Wildman–Crippen LogP) is 2.46. The smallest absolute Gasteiger partial charge is 0.162 e. The summed E-state index contributed by atoms with van der Waals surface area (Å²) in [6.07, 6.45) is 3.14. The van der Waals surface area contributed by atoms with Crippen LogP contribution in [0, 0.1) is 0 Å². The molecule has 94 valence electrons. The van der Waals surface area contributed by atoms with Gasteiger partial charge in [0.05, 0.1) is 0 Å².